The van der Waals surface area contributed by atoms with Crippen LogP contribution in [-0.4, -0.2) is 32.7 Å². The Morgan fingerprint density at radius 2 is 2.10 bits per heavy atom. The van der Waals surface area contributed by atoms with Crippen LogP contribution in [0.3, 0.4) is 0 Å². The van der Waals surface area contributed by atoms with E-state index in [2.05, 4.69) is 5.32 Å². The number of alkyl halides is 1. The Morgan fingerprint density at radius 3 is 2.70 bits per heavy atom. The van der Waals surface area contributed by atoms with Gasteiger partial charge in [0.15, 0.2) is 0 Å². The second-order valence-corrected chi connectivity index (χ2v) is 2.52. The number of unbranched alkanes of at least 4 members (excludes halogenated alkanes) is 1. The molecule has 0 unspecified atom stereocenters. The minimum absolute atomic E-state index is 0.699. The van der Waals surface area contributed by atoms with E-state index in [0.29, 0.717) is 5.88 Å². The van der Waals surface area contributed by atoms with Crippen molar-refractivity contribution in [3.8, 4) is 0 Å². The van der Waals surface area contributed by atoms with E-state index in [0.717, 1.165) is 26.1 Å². The summed E-state index contributed by atoms with van der Waals surface area (Å²) in [6.07, 6.45) is 2.30. The van der Waals surface area contributed by atoms with E-state index in [-0.39, 0.29) is 0 Å². The van der Waals surface area contributed by atoms with Gasteiger partial charge < -0.3 is 10.1 Å². The Balaban J connectivity index is 2.65. The van der Waals surface area contributed by atoms with Crippen LogP contribution in [0.1, 0.15) is 12.8 Å². The highest BCUT2D eigenvalue weighted by atomic mass is 35.5. The largest absolute Gasteiger partial charge is 0.385 e. The van der Waals surface area contributed by atoms with Crippen LogP contribution in [0.15, 0.2) is 0 Å². The second-order valence-electron chi connectivity index (χ2n) is 2.14. The van der Waals surface area contributed by atoms with E-state index in [4.69, 9.17) is 16.3 Å². The van der Waals surface area contributed by atoms with Gasteiger partial charge in [-0.1, -0.05) is 0 Å². The number of nitrogens with one attached hydrogen (secondary N) is 1. The first-order valence-corrected chi connectivity index (χ1v) is 4.21. The summed E-state index contributed by atoms with van der Waals surface area (Å²) in [6, 6.07) is 0. The molecule has 3 heteroatoms. The molecule has 0 aliphatic carbocycles. The molecular weight excluding hydrogens is 150 g/mol. The summed E-state index contributed by atoms with van der Waals surface area (Å²) in [5, 5.41) is 3.21. The molecule has 0 aromatic carbocycles. The monoisotopic (exact) mass is 165 g/mol. The summed E-state index contributed by atoms with van der Waals surface area (Å²) in [5.74, 6) is 0.699. The van der Waals surface area contributed by atoms with E-state index in [1.165, 1.54) is 6.42 Å². The predicted molar refractivity (Wildman–Crippen MR) is 44.7 cm³/mol. The van der Waals surface area contributed by atoms with Gasteiger partial charge in [-0.3, -0.25) is 0 Å². The molecule has 0 spiro atoms. The first-order chi connectivity index (χ1) is 4.91. The van der Waals surface area contributed by atoms with Gasteiger partial charge in [0.25, 0.3) is 0 Å². The van der Waals surface area contributed by atoms with Crippen LogP contribution in [0, 0.1) is 0 Å². The van der Waals surface area contributed by atoms with Crippen molar-refractivity contribution in [1.82, 2.24) is 5.32 Å². The van der Waals surface area contributed by atoms with Crippen molar-refractivity contribution in [3.05, 3.63) is 0 Å². The molecule has 0 aliphatic heterocycles. The molecule has 0 radical (unpaired) electrons. The lowest BCUT2D eigenvalue weighted by atomic mass is 10.3. The zero-order valence-corrected chi connectivity index (χ0v) is 7.28. The molecule has 0 aliphatic rings. The third-order valence-electron chi connectivity index (χ3n) is 1.22. The maximum atomic E-state index is 5.45. The van der Waals surface area contributed by atoms with E-state index in [1.807, 2.05) is 0 Å². The normalized spacial score (nSPS) is 10.2. The molecule has 0 atom stereocenters. The van der Waals surface area contributed by atoms with Gasteiger partial charge in [0.2, 0.25) is 0 Å². The first kappa shape index (κ1) is 10.2. The fourth-order valence-electron chi connectivity index (χ4n) is 0.688. The molecule has 0 saturated carbocycles. The number of methoxy groups -OCH3 is 1. The molecule has 0 rings (SSSR count). The second kappa shape index (κ2) is 9.21. The lowest BCUT2D eigenvalue weighted by Crippen LogP contribution is -2.17. The molecule has 0 heterocycles. The smallest absolute Gasteiger partial charge is 0.0462 e. The summed E-state index contributed by atoms with van der Waals surface area (Å²) >= 11 is 5.45. The molecule has 0 bridgehead atoms. The van der Waals surface area contributed by atoms with Crippen molar-refractivity contribution >= 4 is 11.6 Å². The molecule has 0 amide bonds. The highest BCUT2D eigenvalue weighted by Crippen LogP contribution is 1.86. The van der Waals surface area contributed by atoms with Crippen LogP contribution in [0.5, 0.6) is 0 Å². The van der Waals surface area contributed by atoms with Gasteiger partial charge in [-0.05, 0) is 19.4 Å². The van der Waals surface area contributed by atoms with E-state index in [1.54, 1.807) is 7.11 Å². The highest BCUT2D eigenvalue weighted by Gasteiger charge is 1.86. The van der Waals surface area contributed by atoms with Gasteiger partial charge in [0.05, 0.1) is 0 Å². The lowest BCUT2D eigenvalue weighted by molar-refractivity contribution is 0.192. The lowest BCUT2D eigenvalue weighted by Gasteiger charge is -2.00. The Hall–Kier alpha value is 0.210. The van der Waals surface area contributed by atoms with Crippen LogP contribution in [0.25, 0.3) is 0 Å². The molecule has 2 nitrogen and oxygen atoms in total. The number of halogens is 1. The van der Waals surface area contributed by atoms with Crippen molar-refractivity contribution in [2.75, 3.05) is 32.7 Å². The van der Waals surface area contributed by atoms with Gasteiger partial charge in [-0.15, -0.1) is 11.6 Å². The van der Waals surface area contributed by atoms with Crippen LogP contribution in [-0.2, 0) is 4.74 Å². The van der Waals surface area contributed by atoms with Gasteiger partial charge in [-0.25, -0.2) is 0 Å². The van der Waals surface area contributed by atoms with Crippen molar-refractivity contribution in [3.63, 3.8) is 0 Å². The first-order valence-electron chi connectivity index (χ1n) is 3.67. The van der Waals surface area contributed by atoms with Gasteiger partial charge in [0, 0.05) is 26.1 Å². The third-order valence-corrected chi connectivity index (χ3v) is 1.41. The zero-order chi connectivity index (χ0) is 7.66. The van der Waals surface area contributed by atoms with Crippen LogP contribution >= 0.6 is 11.6 Å². The summed E-state index contributed by atoms with van der Waals surface area (Å²) in [5.41, 5.74) is 0. The maximum Gasteiger partial charge on any atom is 0.0462 e. The van der Waals surface area contributed by atoms with E-state index < -0.39 is 0 Å². The molecule has 0 aromatic heterocycles. The molecular formula is C7H16ClNO. The topological polar surface area (TPSA) is 21.3 Å². The predicted octanol–water partition coefficient (Wildman–Crippen LogP) is 1.24. The third kappa shape index (κ3) is 8.21. The number of hydrogen-bond acceptors (Lipinski definition) is 2. The van der Waals surface area contributed by atoms with Gasteiger partial charge in [-0.2, -0.15) is 0 Å². The van der Waals surface area contributed by atoms with Crippen molar-refractivity contribution in [2.45, 2.75) is 12.8 Å². The number of hydrogen-bond donors (Lipinski definition) is 1. The standard InChI is InChI=1S/C7H16ClNO/c1-10-7-3-2-5-9-6-4-8/h9H,2-7H2,1H3. The Morgan fingerprint density at radius 1 is 1.30 bits per heavy atom. The van der Waals surface area contributed by atoms with Crippen molar-refractivity contribution in [2.24, 2.45) is 0 Å². The quantitative estimate of drug-likeness (QED) is 0.453. The Kier molecular flexibility index (Phi) is 9.40. The summed E-state index contributed by atoms with van der Waals surface area (Å²) in [4.78, 5) is 0. The van der Waals surface area contributed by atoms with E-state index in [9.17, 15) is 0 Å². The average Bonchev–Trinajstić information content (AvgIpc) is 1.97. The zero-order valence-electron chi connectivity index (χ0n) is 6.53. The summed E-state index contributed by atoms with van der Waals surface area (Å²) in [7, 11) is 1.73. The molecule has 0 aromatic rings. The molecule has 1 N–H and O–H groups in total. The summed E-state index contributed by atoms with van der Waals surface area (Å²) in [6.45, 7) is 2.83. The van der Waals surface area contributed by atoms with Gasteiger partial charge in [0.1, 0.15) is 0 Å². The van der Waals surface area contributed by atoms with Crippen LogP contribution < -0.4 is 5.32 Å². The van der Waals surface area contributed by atoms with Crippen LogP contribution in [0.4, 0.5) is 0 Å². The molecule has 0 saturated heterocycles. The highest BCUT2D eigenvalue weighted by molar-refractivity contribution is 6.18. The average molecular weight is 166 g/mol. The summed E-state index contributed by atoms with van der Waals surface area (Å²) < 4.78 is 4.89. The molecule has 0 fully saturated rings. The van der Waals surface area contributed by atoms with Crippen molar-refractivity contribution < 1.29 is 4.74 Å². The Labute approximate surface area is 67.9 Å². The van der Waals surface area contributed by atoms with Crippen LogP contribution in [0.2, 0.25) is 0 Å². The Bertz CT molecular complexity index is 53.6. The minimum Gasteiger partial charge on any atom is -0.385 e. The maximum absolute atomic E-state index is 5.45. The fraction of sp³-hybridized carbons (Fsp3) is 1.00. The minimum atomic E-state index is 0.699. The molecule has 10 heavy (non-hydrogen) atoms. The number of rotatable bonds is 7. The number of ether oxygens (including phenoxy) is 1. The molecule has 62 valence electrons. The van der Waals surface area contributed by atoms with E-state index >= 15 is 0 Å². The SMILES string of the molecule is COCCCCNCCCl. The fourth-order valence-corrected chi connectivity index (χ4v) is 0.822. The van der Waals surface area contributed by atoms with Crippen molar-refractivity contribution in [1.29, 1.82) is 0 Å². The van der Waals surface area contributed by atoms with Gasteiger partial charge >= 0.3 is 0 Å².